The molecule has 0 spiro atoms. The number of urea groups is 1. The van der Waals surface area contributed by atoms with Crippen LogP contribution < -0.4 is 10.6 Å². The average Bonchev–Trinajstić information content (AvgIpc) is 2.83. The first kappa shape index (κ1) is 12.0. The van der Waals surface area contributed by atoms with E-state index in [2.05, 4.69) is 10.6 Å². The number of halogens is 1. The number of anilines is 1. The third kappa shape index (κ3) is 3.79. The summed E-state index contributed by atoms with van der Waals surface area (Å²) in [7, 11) is 0. The van der Waals surface area contributed by atoms with Crippen molar-refractivity contribution < 1.29 is 4.79 Å². The fraction of sp³-hybridized carbons (Fsp3) is 0.308. The van der Waals surface area contributed by atoms with Gasteiger partial charge in [-0.25, -0.2) is 4.79 Å². The molecule has 90 valence electrons. The van der Waals surface area contributed by atoms with Gasteiger partial charge in [0.2, 0.25) is 0 Å². The molecule has 17 heavy (non-hydrogen) atoms. The molecule has 4 heteroatoms. The minimum atomic E-state index is -0.216. The lowest BCUT2D eigenvalue weighted by Gasteiger charge is -2.05. The molecule has 1 aromatic rings. The maximum atomic E-state index is 11.6. The molecule has 2 rings (SSSR count). The second-order valence-corrected chi connectivity index (χ2v) is 4.55. The zero-order valence-corrected chi connectivity index (χ0v) is 10.3. The Hall–Kier alpha value is -1.48. The highest BCUT2D eigenvalue weighted by Crippen LogP contribution is 2.22. The molecule has 1 aromatic carbocycles. The van der Waals surface area contributed by atoms with Crippen molar-refractivity contribution in [3.63, 3.8) is 0 Å². The van der Waals surface area contributed by atoms with Crippen LogP contribution in [0.4, 0.5) is 10.5 Å². The summed E-state index contributed by atoms with van der Waals surface area (Å²) < 4.78 is 0. The lowest BCUT2D eigenvalue weighted by Crippen LogP contribution is -2.24. The number of nitrogens with one attached hydrogen (secondary N) is 2. The van der Waals surface area contributed by atoms with Crippen LogP contribution in [0.3, 0.4) is 0 Å². The number of hydrogen-bond acceptors (Lipinski definition) is 1. The number of carbonyl (C=O) groups is 1. The number of hydrogen-bond donors (Lipinski definition) is 2. The molecule has 1 saturated carbocycles. The van der Waals surface area contributed by atoms with Crippen LogP contribution in [0.2, 0.25) is 5.02 Å². The van der Waals surface area contributed by atoms with Gasteiger partial charge in [-0.2, -0.15) is 0 Å². The van der Waals surface area contributed by atoms with Crippen molar-refractivity contribution in [2.75, 3.05) is 5.32 Å². The topological polar surface area (TPSA) is 41.1 Å². The Morgan fingerprint density at radius 3 is 2.47 bits per heavy atom. The quantitative estimate of drug-likeness (QED) is 0.821. The molecule has 0 radical (unpaired) electrons. The monoisotopic (exact) mass is 250 g/mol. The maximum absolute atomic E-state index is 11.6. The summed E-state index contributed by atoms with van der Waals surface area (Å²) in [6.45, 7) is 0. The summed E-state index contributed by atoms with van der Waals surface area (Å²) in [4.78, 5) is 11.6. The molecule has 2 amide bonds. The van der Waals surface area contributed by atoms with E-state index in [1.807, 2.05) is 6.20 Å². The number of carbonyl (C=O) groups excluding carboxylic acids is 1. The van der Waals surface area contributed by atoms with Gasteiger partial charge in [-0.05, 0) is 49.9 Å². The summed E-state index contributed by atoms with van der Waals surface area (Å²) in [5.41, 5.74) is 2.05. The highest BCUT2D eigenvalue weighted by atomic mass is 35.5. The van der Waals surface area contributed by atoms with E-state index in [1.165, 1.54) is 18.4 Å². The van der Waals surface area contributed by atoms with E-state index in [-0.39, 0.29) is 6.03 Å². The zero-order chi connectivity index (χ0) is 12.1. The molecular weight excluding hydrogens is 236 g/mol. The molecule has 2 N–H and O–H groups in total. The summed E-state index contributed by atoms with van der Waals surface area (Å²) in [5.74, 6) is 0. The van der Waals surface area contributed by atoms with Gasteiger partial charge in [0, 0.05) is 16.9 Å². The van der Waals surface area contributed by atoms with Crippen LogP contribution in [0.1, 0.15) is 25.7 Å². The Morgan fingerprint density at radius 1 is 1.18 bits per heavy atom. The van der Waals surface area contributed by atoms with Gasteiger partial charge in [0.25, 0.3) is 0 Å². The van der Waals surface area contributed by atoms with Crippen molar-refractivity contribution >= 4 is 23.3 Å². The predicted octanol–water partition coefficient (Wildman–Crippen LogP) is 3.92. The van der Waals surface area contributed by atoms with Crippen molar-refractivity contribution in [1.29, 1.82) is 0 Å². The van der Waals surface area contributed by atoms with Crippen LogP contribution in [0.25, 0.3) is 0 Å². The zero-order valence-electron chi connectivity index (χ0n) is 9.50. The third-order valence-electron chi connectivity index (χ3n) is 2.76. The summed E-state index contributed by atoms with van der Waals surface area (Å²) in [5, 5.41) is 6.14. The van der Waals surface area contributed by atoms with Gasteiger partial charge >= 0.3 is 6.03 Å². The van der Waals surface area contributed by atoms with E-state index in [0.717, 1.165) is 18.5 Å². The minimum Gasteiger partial charge on any atom is -0.314 e. The summed E-state index contributed by atoms with van der Waals surface area (Å²) >= 11 is 5.76. The first-order valence-electron chi connectivity index (χ1n) is 5.75. The van der Waals surface area contributed by atoms with Crippen molar-refractivity contribution in [2.45, 2.75) is 25.7 Å². The number of allylic oxidation sites excluding steroid dienone is 1. The van der Waals surface area contributed by atoms with Crippen LogP contribution in [0.15, 0.2) is 36.0 Å². The molecule has 0 aromatic heterocycles. The molecule has 1 fully saturated rings. The molecule has 1 aliphatic carbocycles. The lowest BCUT2D eigenvalue weighted by atomic mass is 10.2. The fourth-order valence-electron chi connectivity index (χ4n) is 1.84. The maximum Gasteiger partial charge on any atom is 0.323 e. The lowest BCUT2D eigenvalue weighted by molar-refractivity contribution is 0.255. The normalized spacial score (nSPS) is 14.5. The number of benzene rings is 1. The van der Waals surface area contributed by atoms with Gasteiger partial charge < -0.3 is 10.6 Å². The Labute approximate surface area is 106 Å². The Balaban J connectivity index is 1.84. The van der Waals surface area contributed by atoms with Gasteiger partial charge in [0.15, 0.2) is 0 Å². The van der Waals surface area contributed by atoms with Gasteiger partial charge in [0.05, 0.1) is 0 Å². The smallest absolute Gasteiger partial charge is 0.314 e. The predicted molar refractivity (Wildman–Crippen MR) is 70.2 cm³/mol. The summed E-state index contributed by atoms with van der Waals surface area (Å²) in [6.07, 6.45) is 6.47. The molecule has 0 aliphatic heterocycles. The SMILES string of the molecule is O=C(NC=C1CCCC1)Nc1ccc(Cl)cc1. The molecule has 0 heterocycles. The van der Waals surface area contributed by atoms with Crippen LogP contribution in [-0.4, -0.2) is 6.03 Å². The molecule has 0 atom stereocenters. The molecule has 0 saturated heterocycles. The van der Waals surface area contributed by atoms with E-state index < -0.39 is 0 Å². The largest absolute Gasteiger partial charge is 0.323 e. The van der Waals surface area contributed by atoms with E-state index in [0.29, 0.717) is 5.02 Å². The molecule has 1 aliphatic rings. The van der Waals surface area contributed by atoms with Crippen molar-refractivity contribution in [3.8, 4) is 0 Å². The van der Waals surface area contributed by atoms with E-state index >= 15 is 0 Å². The van der Waals surface area contributed by atoms with Gasteiger partial charge in [-0.3, -0.25) is 0 Å². The Bertz CT molecular complexity index is 418. The van der Waals surface area contributed by atoms with Gasteiger partial charge in [0.1, 0.15) is 0 Å². The van der Waals surface area contributed by atoms with Crippen molar-refractivity contribution in [2.24, 2.45) is 0 Å². The van der Waals surface area contributed by atoms with Gasteiger partial charge in [-0.1, -0.05) is 17.2 Å². The standard InChI is InChI=1S/C13H15ClN2O/c14-11-5-7-12(8-6-11)16-13(17)15-9-10-3-1-2-4-10/h5-9H,1-4H2,(H2,15,16,17). The Kier molecular flexibility index (Phi) is 4.04. The van der Waals surface area contributed by atoms with E-state index in [9.17, 15) is 4.79 Å². The first-order valence-corrected chi connectivity index (χ1v) is 6.13. The highest BCUT2D eigenvalue weighted by Gasteiger charge is 2.06. The summed E-state index contributed by atoms with van der Waals surface area (Å²) in [6, 6.07) is 6.81. The van der Waals surface area contributed by atoms with Crippen molar-refractivity contribution in [1.82, 2.24) is 5.32 Å². The van der Waals surface area contributed by atoms with Gasteiger partial charge in [-0.15, -0.1) is 0 Å². The minimum absolute atomic E-state index is 0.216. The molecular formula is C13H15ClN2O. The van der Waals surface area contributed by atoms with Crippen LogP contribution in [0.5, 0.6) is 0 Å². The van der Waals surface area contributed by atoms with Crippen LogP contribution >= 0.6 is 11.6 Å². The second-order valence-electron chi connectivity index (χ2n) is 4.12. The first-order chi connectivity index (χ1) is 8.24. The third-order valence-corrected chi connectivity index (χ3v) is 3.01. The Morgan fingerprint density at radius 2 is 1.82 bits per heavy atom. The van der Waals surface area contributed by atoms with Crippen LogP contribution in [0, 0.1) is 0 Å². The molecule has 0 unspecified atom stereocenters. The number of amides is 2. The molecule has 3 nitrogen and oxygen atoms in total. The average molecular weight is 251 g/mol. The van der Waals surface area contributed by atoms with Crippen LogP contribution in [-0.2, 0) is 0 Å². The molecule has 0 bridgehead atoms. The fourth-order valence-corrected chi connectivity index (χ4v) is 1.97. The van der Waals surface area contributed by atoms with Crippen molar-refractivity contribution in [3.05, 3.63) is 41.1 Å². The highest BCUT2D eigenvalue weighted by molar-refractivity contribution is 6.30. The van der Waals surface area contributed by atoms with E-state index in [4.69, 9.17) is 11.6 Å². The second kappa shape index (κ2) is 5.73. The van der Waals surface area contributed by atoms with E-state index in [1.54, 1.807) is 24.3 Å². The number of rotatable bonds is 2.